The Kier molecular flexibility index (Phi) is 3.63. The number of carbonyl (C=O) groups is 2. The van der Waals surface area contributed by atoms with Crippen LogP contribution in [-0.4, -0.2) is 35.9 Å². The molecule has 128 valence electrons. The number of allylic oxidation sites excluding steroid dienone is 1. The average Bonchev–Trinajstić information content (AvgIpc) is 2.51. The van der Waals surface area contributed by atoms with Crippen LogP contribution in [0.1, 0.15) is 52.4 Å². The molecule has 4 rings (SSSR count). The molecule has 0 spiro atoms. The van der Waals surface area contributed by atoms with Gasteiger partial charge >= 0.3 is 11.9 Å². The Labute approximate surface area is 136 Å². The molecule has 0 aromatic rings. The normalized spacial score (nSPS) is 42.3. The Hall–Kier alpha value is -1.36. The standard InChI is InChI=1S/C18H26O5/c1-11(14(20)21)12(2)17-5-13-4-16(7-17,10-19)8-18(6-13,9-17)15(22)23-3/h13,19H,4-10H2,1-3H3,(H,20,21). The molecule has 0 amide bonds. The molecule has 4 bridgehead atoms. The largest absolute Gasteiger partial charge is 0.478 e. The fourth-order valence-electron chi connectivity index (χ4n) is 6.23. The van der Waals surface area contributed by atoms with Crippen molar-refractivity contribution in [3.63, 3.8) is 0 Å². The SMILES string of the molecule is COC(=O)C12CC3CC(CO)(C1)CC(C(C)=C(C)C(=O)O)(C3)C2. The molecule has 0 aliphatic heterocycles. The smallest absolute Gasteiger partial charge is 0.331 e. The van der Waals surface area contributed by atoms with Gasteiger partial charge in [0, 0.05) is 12.2 Å². The molecule has 4 aliphatic rings. The number of ether oxygens (including phenoxy) is 1. The van der Waals surface area contributed by atoms with Gasteiger partial charge in [0.15, 0.2) is 0 Å². The molecule has 2 N–H and O–H groups in total. The van der Waals surface area contributed by atoms with Gasteiger partial charge in [-0.15, -0.1) is 0 Å². The zero-order chi connectivity index (χ0) is 17.0. The van der Waals surface area contributed by atoms with Crippen LogP contribution in [0.3, 0.4) is 0 Å². The Morgan fingerprint density at radius 2 is 1.70 bits per heavy atom. The van der Waals surface area contributed by atoms with E-state index in [9.17, 15) is 19.8 Å². The van der Waals surface area contributed by atoms with Crippen LogP contribution in [0.2, 0.25) is 0 Å². The Morgan fingerprint density at radius 1 is 1.09 bits per heavy atom. The summed E-state index contributed by atoms with van der Waals surface area (Å²) in [6.07, 6.45) is 4.76. The second kappa shape index (κ2) is 5.07. The van der Waals surface area contributed by atoms with Gasteiger partial charge in [0.25, 0.3) is 0 Å². The number of hydrogen-bond donors (Lipinski definition) is 2. The van der Waals surface area contributed by atoms with Crippen molar-refractivity contribution >= 4 is 11.9 Å². The zero-order valence-corrected chi connectivity index (χ0v) is 14.1. The number of aliphatic hydroxyl groups excluding tert-OH is 1. The summed E-state index contributed by atoms with van der Waals surface area (Å²) in [5, 5.41) is 19.5. The molecule has 4 atom stereocenters. The van der Waals surface area contributed by atoms with E-state index in [0.717, 1.165) is 31.3 Å². The topological polar surface area (TPSA) is 83.8 Å². The number of carboxylic acids is 1. The molecule has 0 aromatic heterocycles. The minimum absolute atomic E-state index is 0.0589. The number of hydrogen-bond acceptors (Lipinski definition) is 4. The molecule has 4 fully saturated rings. The van der Waals surface area contributed by atoms with E-state index in [4.69, 9.17) is 4.74 Å². The molecular weight excluding hydrogens is 296 g/mol. The molecule has 0 aromatic carbocycles. The van der Waals surface area contributed by atoms with Gasteiger partial charge in [0.05, 0.1) is 12.5 Å². The van der Waals surface area contributed by atoms with Crippen LogP contribution in [0.25, 0.3) is 0 Å². The average molecular weight is 322 g/mol. The quantitative estimate of drug-likeness (QED) is 0.614. The second-order valence-electron chi connectivity index (χ2n) is 8.27. The summed E-state index contributed by atoms with van der Waals surface area (Å²) in [4.78, 5) is 24.0. The van der Waals surface area contributed by atoms with E-state index >= 15 is 0 Å². The maximum absolute atomic E-state index is 12.6. The first-order valence-corrected chi connectivity index (χ1v) is 8.32. The minimum Gasteiger partial charge on any atom is -0.478 e. The Balaban J connectivity index is 2.11. The van der Waals surface area contributed by atoms with E-state index < -0.39 is 11.4 Å². The number of aliphatic hydroxyl groups is 1. The molecule has 0 radical (unpaired) electrons. The predicted octanol–water partition coefficient (Wildman–Crippen LogP) is 2.53. The monoisotopic (exact) mass is 322 g/mol. The van der Waals surface area contributed by atoms with Crippen molar-refractivity contribution in [2.24, 2.45) is 22.2 Å². The van der Waals surface area contributed by atoms with Crippen LogP contribution in [0.4, 0.5) is 0 Å². The summed E-state index contributed by atoms with van der Waals surface area (Å²) in [5.41, 5.74) is 0.129. The predicted molar refractivity (Wildman–Crippen MR) is 83.6 cm³/mol. The van der Waals surface area contributed by atoms with Crippen LogP contribution < -0.4 is 0 Å². The zero-order valence-electron chi connectivity index (χ0n) is 14.1. The van der Waals surface area contributed by atoms with Crippen LogP contribution in [0.15, 0.2) is 11.1 Å². The fraction of sp³-hybridized carbons (Fsp3) is 0.778. The van der Waals surface area contributed by atoms with Gasteiger partial charge in [0.1, 0.15) is 0 Å². The van der Waals surface area contributed by atoms with Crippen LogP contribution in [-0.2, 0) is 14.3 Å². The molecule has 5 nitrogen and oxygen atoms in total. The third-order valence-corrected chi connectivity index (χ3v) is 6.82. The maximum atomic E-state index is 12.6. The summed E-state index contributed by atoms with van der Waals surface area (Å²) in [5.74, 6) is -0.734. The molecule has 23 heavy (non-hydrogen) atoms. The van der Waals surface area contributed by atoms with Crippen molar-refractivity contribution in [3.8, 4) is 0 Å². The number of aliphatic carboxylic acids is 1. The number of rotatable bonds is 4. The minimum atomic E-state index is -0.900. The second-order valence-corrected chi connectivity index (χ2v) is 8.27. The lowest BCUT2D eigenvalue weighted by Crippen LogP contribution is -2.61. The Bertz CT molecular complexity index is 594. The third-order valence-electron chi connectivity index (χ3n) is 6.82. The maximum Gasteiger partial charge on any atom is 0.331 e. The van der Waals surface area contributed by atoms with Gasteiger partial charge in [-0.25, -0.2) is 4.79 Å². The van der Waals surface area contributed by atoms with Gasteiger partial charge < -0.3 is 14.9 Å². The fourth-order valence-corrected chi connectivity index (χ4v) is 6.23. The van der Waals surface area contributed by atoms with E-state index in [1.807, 2.05) is 6.92 Å². The van der Waals surface area contributed by atoms with E-state index in [-0.39, 0.29) is 23.4 Å². The van der Waals surface area contributed by atoms with Gasteiger partial charge in [0.2, 0.25) is 0 Å². The van der Waals surface area contributed by atoms with Crippen LogP contribution in [0.5, 0.6) is 0 Å². The van der Waals surface area contributed by atoms with Crippen molar-refractivity contribution in [2.75, 3.05) is 13.7 Å². The summed E-state index contributed by atoms with van der Waals surface area (Å²) >= 11 is 0. The lowest BCUT2D eigenvalue weighted by molar-refractivity contribution is -0.193. The van der Waals surface area contributed by atoms with Gasteiger partial charge in [-0.1, -0.05) is 5.57 Å². The van der Waals surface area contributed by atoms with Gasteiger partial charge in [-0.2, -0.15) is 0 Å². The third kappa shape index (κ3) is 2.24. The molecule has 4 saturated carbocycles. The number of carbonyl (C=O) groups excluding carboxylic acids is 1. The molecular formula is C18H26O5. The Morgan fingerprint density at radius 3 is 2.26 bits per heavy atom. The van der Waals surface area contributed by atoms with E-state index in [0.29, 0.717) is 24.3 Å². The molecule has 4 aliphatic carbocycles. The highest BCUT2D eigenvalue weighted by molar-refractivity contribution is 5.87. The van der Waals surface area contributed by atoms with E-state index in [1.54, 1.807) is 6.92 Å². The first-order chi connectivity index (χ1) is 10.7. The van der Waals surface area contributed by atoms with Crippen molar-refractivity contribution in [2.45, 2.75) is 52.4 Å². The lowest BCUT2D eigenvalue weighted by Gasteiger charge is -2.65. The van der Waals surface area contributed by atoms with Crippen molar-refractivity contribution < 1.29 is 24.5 Å². The van der Waals surface area contributed by atoms with Crippen molar-refractivity contribution in [3.05, 3.63) is 11.1 Å². The summed E-state index contributed by atoms with van der Waals surface area (Å²) in [6.45, 7) is 3.60. The number of methoxy groups -OCH3 is 1. The molecule has 0 heterocycles. The van der Waals surface area contributed by atoms with E-state index in [1.165, 1.54) is 7.11 Å². The number of esters is 1. The lowest BCUT2D eigenvalue weighted by atomic mass is 9.38. The molecule has 5 heteroatoms. The van der Waals surface area contributed by atoms with Crippen molar-refractivity contribution in [1.29, 1.82) is 0 Å². The van der Waals surface area contributed by atoms with Crippen molar-refractivity contribution in [1.82, 2.24) is 0 Å². The first-order valence-electron chi connectivity index (χ1n) is 8.32. The highest BCUT2D eigenvalue weighted by atomic mass is 16.5. The molecule has 4 unspecified atom stereocenters. The van der Waals surface area contributed by atoms with Crippen LogP contribution in [0, 0.1) is 22.2 Å². The number of carboxylic acid groups (broad SMARTS) is 1. The molecule has 0 saturated heterocycles. The van der Waals surface area contributed by atoms with Gasteiger partial charge in [-0.3, -0.25) is 4.79 Å². The summed E-state index contributed by atoms with van der Waals surface area (Å²) < 4.78 is 5.10. The van der Waals surface area contributed by atoms with Gasteiger partial charge in [-0.05, 0) is 69.1 Å². The van der Waals surface area contributed by atoms with E-state index in [2.05, 4.69) is 0 Å². The summed E-state index contributed by atoms with van der Waals surface area (Å²) in [6, 6.07) is 0. The first kappa shape index (κ1) is 16.5. The summed E-state index contributed by atoms with van der Waals surface area (Å²) in [7, 11) is 1.42. The van der Waals surface area contributed by atoms with Crippen LogP contribution >= 0.6 is 0 Å². The highest BCUT2D eigenvalue weighted by Crippen LogP contribution is 2.71. The highest BCUT2D eigenvalue weighted by Gasteiger charge is 2.66.